The molecule has 1 heterocycles. The number of carbonyl (C=O) groups is 1. The lowest BCUT2D eigenvalue weighted by molar-refractivity contribution is -0.121. The van der Waals surface area contributed by atoms with Crippen molar-refractivity contribution in [2.24, 2.45) is 4.40 Å². The second-order valence-electron chi connectivity index (χ2n) is 7.72. The normalized spacial score (nSPS) is 13.0. The number of benzene rings is 1. The number of amides is 1. The Hall–Kier alpha value is -1.93. The van der Waals surface area contributed by atoms with Crippen LogP contribution in [0.2, 0.25) is 0 Å². The van der Waals surface area contributed by atoms with Crippen molar-refractivity contribution >= 4 is 27.3 Å². The zero-order chi connectivity index (χ0) is 20.9. The number of hydrogen-bond donors (Lipinski definition) is 1. The number of thiazole rings is 1. The molecule has 0 saturated carbocycles. The summed E-state index contributed by atoms with van der Waals surface area (Å²) in [5.41, 5.74) is 0.685. The molecule has 1 aromatic heterocycles. The standard InChI is InChI=1S/C20H29N3O3S2/c1-6-7-13-21-17(24)14-23-15(2)18(20(3,4)5)27-19(23)22-28(25,26)16-11-9-8-10-12-16/h8-12H,6-7,13-14H2,1-5H3,(H,21,24)/b22-19-. The van der Waals surface area contributed by atoms with E-state index in [1.807, 2.05) is 6.92 Å². The highest BCUT2D eigenvalue weighted by Crippen LogP contribution is 2.28. The van der Waals surface area contributed by atoms with Crippen LogP contribution in [-0.2, 0) is 26.8 Å². The molecule has 6 nitrogen and oxygen atoms in total. The van der Waals surface area contributed by atoms with Crippen molar-refractivity contribution in [3.8, 4) is 0 Å². The number of rotatable bonds is 7. The van der Waals surface area contributed by atoms with Gasteiger partial charge in [0.2, 0.25) is 10.7 Å². The van der Waals surface area contributed by atoms with E-state index in [0.717, 1.165) is 23.4 Å². The molecule has 0 aliphatic rings. The summed E-state index contributed by atoms with van der Waals surface area (Å²) in [5.74, 6) is -0.145. The fourth-order valence-corrected chi connectivity index (χ4v) is 5.20. The van der Waals surface area contributed by atoms with Gasteiger partial charge in [0.05, 0.1) is 4.90 Å². The summed E-state index contributed by atoms with van der Waals surface area (Å²) in [4.78, 5) is 13.8. The number of hydrogen-bond acceptors (Lipinski definition) is 4. The zero-order valence-corrected chi connectivity index (χ0v) is 18.8. The highest BCUT2D eigenvalue weighted by atomic mass is 32.2. The van der Waals surface area contributed by atoms with Crippen molar-refractivity contribution in [1.29, 1.82) is 0 Å². The molecule has 0 aliphatic carbocycles. The molecule has 28 heavy (non-hydrogen) atoms. The Kier molecular flexibility index (Phi) is 7.22. The van der Waals surface area contributed by atoms with Crippen LogP contribution in [0.4, 0.5) is 0 Å². The lowest BCUT2D eigenvalue weighted by atomic mass is 9.93. The maximum Gasteiger partial charge on any atom is 0.285 e. The van der Waals surface area contributed by atoms with E-state index in [2.05, 4.69) is 37.4 Å². The van der Waals surface area contributed by atoms with Gasteiger partial charge in [-0.2, -0.15) is 8.42 Å². The van der Waals surface area contributed by atoms with Gasteiger partial charge < -0.3 is 9.88 Å². The smallest absolute Gasteiger partial charge is 0.285 e. The topological polar surface area (TPSA) is 80.5 Å². The Morgan fingerprint density at radius 3 is 2.43 bits per heavy atom. The summed E-state index contributed by atoms with van der Waals surface area (Å²) in [6, 6.07) is 8.13. The summed E-state index contributed by atoms with van der Waals surface area (Å²) in [7, 11) is -3.86. The van der Waals surface area contributed by atoms with Crippen LogP contribution in [0.5, 0.6) is 0 Å². The zero-order valence-electron chi connectivity index (χ0n) is 17.2. The summed E-state index contributed by atoms with van der Waals surface area (Å²) in [5, 5.41) is 2.88. The molecule has 0 aliphatic heterocycles. The number of aromatic nitrogens is 1. The maximum atomic E-state index is 12.7. The number of sulfonamides is 1. The summed E-state index contributed by atoms with van der Waals surface area (Å²) in [6.07, 6.45) is 1.90. The van der Waals surface area contributed by atoms with Crippen LogP contribution >= 0.6 is 11.3 Å². The monoisotopic (exact) mass is 423 g/mol. The molecule has 1 aromatic carbocycles. The van der Waals surface area contributed by atoms with E-state index in [-0.39, 0.29) is 22.8 Å². The first-order valence-electron chi connectivity index (χ1n) is 9.39. The van der Waals surface area contributed by atoms with E-state index >= 15 is 0 Å². The third-order valence-electron chi connectivity index (χ3n) is 4.23. The van der Waals surface area contributed by atoms with E-state index in [1.165, 1.54) is 23.5 Å². The van der Waals surface area contributed by atoms with Crippen LogP contribution in [0.25, 0.3) is 0 Å². The van der Waals surface area contributed by atoms with Gasteiger partial charge in [-0.15, -0.1) is 15.7 Å². The average Bonchev–Trinajstić information content (AvgIpc) is 2.92. The summed E-state index contributed by atoms with van der Waals surface area (Å²) < 4.78 is 31.3. The molecule has 0 spiro atoms. The fourth-order valence-electron chi connectivity index (χ4n) is 2.79. The first-order valence-corrected chi connectivity index (χ1v) is 11.7. The molecule has 0 bridgehead atoms. The predicted octanol–water partition coefficient (Wildman–Crippen LogP) is 3.36. The SMILES string of the molecule is CCCCNC(=O)Cn1c(C)c(C(C)(C)C)s/c1=N\S(=O)(=O)c1ccccc1. The van der Waals surface area contributed by atoms with E-state index in [4.69, 9.17) is 0 Å². The van der Waals surface area contributed by atoms with Crippen LogP contribution in [0, 0.1) is 6.92 Å². The average molecular weight is 424 g/mol. The van der Waals surface area contributed by atoms with E-state index in [0.29, 0.717) is 11.3 Å². The van der Waals surface area contributed by atoms with E-state index in [9.17, 15) is 13.2 Å². The minimum Gasteiger partial charge on any atom is -0.355 e. The Bertz CT molecular complexity index is 982. The number of nitrogens with zero attached hydrogens (tertiary/aromatic N) is 2. The van der Waals surface area contributed by atoms with Crippen LogP contribution in [-0.4, -0.2) is 25.4 Å². The molecule has 1 amide bonds. The van der Waals surface area contributed by atoms with Crippen LogP contribution in [0.1, 0.15) is 51.1 Å². The minimum atomic E-state index is -3.86. The van der Waals surface area contributed by atoms with Crippen molar-refractivity contribution in [3.63, 3.8) is 0 Å². The van der Waals surface area contributed by atoms with Crippen molar-refractivity contribution < 1.29 is 13.2 Å². The van der Waals surface area contributed by atoms with Gasteiger partial charge >= 0.3 is 0 Å². The van der Waals surface area contributed by atoms with Crippen molar-refractivity contribution in [2.75, 3.05) is 6.54 Å². The minimum absolute atomic E-state index is 0.0469. The van der Waals surface area contributed by atoms with Crippen LogP contribution in [0.15, 0.2) is 39.6 Å². The number of unbranched alkanes of at least 4 members (excludes halogenated alkanes) is 1. The predicted molar refractivity (Wildman–Crippen MR) is 113 cm³/mol. The molecule has 0 atom stereocenters. The number of carbonyl (C=O) groups excluding carboxylic acids is 1. The molecule has 0 saturated heterocycles. The largest absolute Gasteiger partial charge is 0.355 e. The van der Waals surface area contributed by atoms with Gasteiger partial charge in [0.25, 0.3) is 10.0 Å². The van der Waals surface area contributed by atoms with Gasteiger partial charge in [-0.25, -0.2) is 0 Å². The second kappa shape index (κ2) is 9.05. The Morgan fingerprint density at radius 2 is 1.86 bits per heavy atom. The molecule has 2 rings (SSSR count). The van der Waals surface area contributed by atoms with Gasteiger partial charge in [-0.05, 0) is 30.9 Å². The second-order valence-corrected chi connectivity index (χ2v) is 10.3. The van der Waals surface area contributed by atoms with E-state index in [1.54, 1.807) is 22.8 Å². The molecular weight excluding hydrogens is 394 g/mol. The third-order valence-corrected chi connectivity index (χ3v) is 7.24. The van der Waals surface area contributed by atoms with Crippen molar-refractivity contribution in [1.82, 2.24) is 9.88 Å². The molecule has 0 radical (unpaired) electrons. The van der Waals surface area contributed by atoms with Crippen LogP contribution in [0.3, 0.4) is 0 Å². The molecule has 2 aromatic rings. The van der Waals surface area contributed by atoms with Gasteiger partial charge in [0, 0.05) is 17.1 Å². The quantitative estimate of drug-likeness (QED) is 0.694. The number of nitrogens with one attached hydrogen (secondary N) is 1. The van der Waals surface area contributed by atoms with Crippen molar-refractivity contribution in [2.45, 2.75) is 64.3 Å². The molecule has 154 valence electrons. The third kappa shape index (κ3) is 5.54. The molecular formula is C20H29N3O3S2. The maximum absolute atomic E-state index is 12.7. The first kappa shape index (κ1) is 22.4. The molecule has 0 fully saturated rings. The lowest BCUT2D eigenvalue weighted by Gasteiger charge is -2.17. The highest BCUT2D eigenvalue weighted by Gasteiger charge is 2.24. The van der Waals surface area contributed by atoms with Gasteiger partial charge in [0.1, 0.15) is 6.54 Å². The Balaban J connectivity index is 2.52. The molecule has 0 unspecified atom stereocenters. The van der Waals surface area contributed by atoms with Gasteiger partial charge in [-0.1, -0.05) is 52.3 Å². The summed E-state index contributed by atoms with van der Waals surface area (Å²) in [6.45, 7) is 10.8. The molecule has 1 N–H and O–H groups in total. The summed E-state index contributed by atoms with van der Waals surface area (Å²) >= 11 is 1.32. The molecule has 8 heteroatoms. The van der Waals surface area contributed by atoms with E-state index < -0.39 is 10.0 Å². The Morgan fingerprint density at radius 1 is 1.21 bits per heavy atom. The Labute approximate surface area is 171 Å². The fraction of sp³-hybridized carbons (Fsp3) is 0.500. The van der Waals surface area contributed by atoms with Gasteiger partial charge in [-0.3, -0.25) is 4.79 Å². The van der Waals surface area contributed by atoms with Crippen LogP contribution < -0.4 is 10.1 Å². The van der Waals surface area contributed by atoms with Crippen molar-refractivity contribution in [3.05, 3.63) is 45.7 Å². The van der Waals surface area contributed by atoms with Gasteiger partial charge in [0.15, 0.2) is 0 Å². The highest BCUT2D eigenvalue weighted by molar-refractivity contribution is 7.90. The lowest BCUT2D eigenvalue weighted by Crippen LogP contribution is -2.32. The first-order chi connectivity index (χ1) is 13.1.